The molecular weight excluding hydrogens is 277 g/mol. The molecule has 0 atom stereocenters. The van der Waals surface area contributed by atoms with E-state index in [1.807, 2.05) is 0 Å². The van der Waals surface area contributed by atoms with Crippen molar-refractivity contribution >= 4 is 25.0 Å². The van der Waals surface area contributed by atoms with Crippen molar-refractivity contribution in [2.75, 3.05) is 26.7 Å². The second kappa shape index (κ2) is 9.17. The van der Waals surface area contributed by atoms with Crippen molar-refractivity contribution in [1.82, 2.24) is 4.90 Å². The minimum atomic E-state index is -0.999. The van der Waals surface area contributed by atoms with Crippen molar-refractivity contribution in [3.63, 3.8) is 0 Å². The zero-order valence-electron chi connectivity index (χ0n) is 12.4. The smallest absolute Gasteiger partial charge is 0.495 e. The number of esters is 1. The molecule has 0 spiro atoms. The highest BCUT2D eigenvalue weighted by Gasteiger charge is 2.28. The second-order valence-electron chi connectivity index (χ2n) is 4.65. The Hall–Kier alpha value is -1.83. The van der Waals surface area contributed by atoms with Gasteiger partial charge in [0.1, 0.15) is 0 Å². The minimum absolute atomic E-state index is 0.0439. The summed E-state index contributed by atoms with van der Waals surface area (Å²) in [7, 11) is 0.634. The Kier molecular flexibility index (Phi) is 7.53. The average molecular weight is 297 g/mol. The van der Waals surface area contributed by atoms with E-state index in [0.29, 0.717) is 25.9 Å². The zero-order chi connectivity index (χ0) is 15.7. The van der Waals surface area contributed by atoms with Crippen LogP contribution in [0.15, 0.2) is 12.1 Å². The van der Waals surface area contributed by atoms with Gasteiger partial charge in [-0.15, -0.1) is 0 Å². The first-order valence-corrected chi connectivity index (χ1v) is 6.91. The van der Waals surface area contributed by atoms with E-state index >= 15 is 0 Å². The lowest BCUT2D eigenvalue weighted by Gasteiger charge is -2.21. The van der Waals surface area contributed by atoms with Crippen LogP contribution in [0.1, 0.15) is 26.2 Å². The number of hydrogen-bond donors (Lipinski definition) is 0. The van der Waals surface area contributed by atoms with E-state index in [-0.39, 0.29) is 19.1 Å². The molecule has 0 saturated carbocycles. The van der Waals surface area contributed by atoms with Gasteiger partial charge in [0.2, 0.25) is 0 Å². The molecule has 0 aromatic rings. The van der Waals surface area contributed by atoms with Crippen LogP contribution in [0.25, 0.3) is 0 Å². The standard InChI is InChI=1S/C13H20BNO6/c1-3-19-11(16)7-5-4-6-8-14-20-12(17)9-15(2)10-13(18)21-14/h6,8H,3-5,7,9-10H2,1-2H3/b8-6+. The fourth-order valence-corrected chi connectivity index (χ4v) is 1.74. The first-order valence-electron chi connectivity index (χ1n) is 6.91. The molecule has 0 aromatic carbocycles. The van der Waals surface area contributed by atoms with Crippen LogP contribution in [-0.2, 0) is 28.4 Å². The summed E-state index contributed by atoms with van der Waals surface area (Å²) in [6.45, 7) is 2.22. The van der Waals surface area contributed by atoms with E-state index in [9.17, 15) is 14.4 Å². The molecule has 8 heteroatoms. The fourth-order valence-electron chi connectivity index (χ4n) is 1.74. The lowest BCUT2D eigenvalue weighted by molar-refractivity contribution is -0.145. The molecule has 1 aliphatic rings. The number of carbonyl (C=O) groups excluding carboxylic acids is 3. The third-order valence-electron chi connectivity index (χ3n) is 2.64. The minimum Gasteiger partial charge on any atom is -0.495 e. The quantitative estimate of drug-likeness (QED) is 0.397. The van der Waals surface area contributed by atoms with E-state index in [4.69, 9.17) is 14.0 Å². The summed E-state index contributed by atoms with van der Waals surface area (Å²) >= 11 is 0. The summed E-state index contributed by atoms with van der Waals surface area (Å²) in [6, 6.07) is 0. The van der Waals surface area contributed by atoms with Gasteiger partial charge in [-0.1, -0.05) is 6.08 Å². The third kappa shape index (κ3) is 7.50. The maximum atomic E-state index is 11.5. The molecule has 1 saturated heterocycles. The molecule has 1 rings (SSSR count). The molecule has 1 aliphatic heterocycles. The maximum absolute atomic E-state index is 11.5. The van der Waals surface area contributed by atoms with Crippen molar-refractivity contribution in [2.45, 2.75) is 26.2 Å². The summed E-state index contributed by atoms with van der Waals surface area (Å²) in [5.41, 5.74) is 0. The number of nitrogens with zero attached hydrogens (tertiary/aromatic N) is 1. The summed E-state index contributed by atoms with van der Waals surface area (Å²) in [5.74, 6) is 0.363. The number of allylic oxidation sites excluding steroid dienone is 1. The van der Waals surface area contributed by atoms with Crippen molar-refractivity contribution in [1.29, 1.82) is 0 Å². The van der Waals surface area contributed by atoms with Gasteiger partial charge < -0.3 is 14.0 Å². The molecule has 21 heavy (non-hydrogen) atoms. The highest BCUT2D eigenvalue weighted by atomic mass is 16.6. The molecule has 0 bridgehead atoms. The lowest BCUT2D eigenvalue weighted by atomic mass is 9.88. The van der Waals surface area contributed by atoms with Crippen molar-refractivity contribution in [3.05, 3.63) is 12.1 Å². The van der Waals surface area contributed by atoms with Gasteiger partial charge in [0.15, 0.2) is 0 Å². The van der Waals surface area contributed by atoms with Gasteiger partial charge in [-0.05, 0) is 32.8 Å². The predicted octanol–water partition coefficient (Wildman–Crippen LogP) is 0.335. The Morgan fingerprint density at radius 2 is 1.95 bits per heavy atom. The van der Waals surface area contributed by atoms with Crippen molar-refractivity contribution < 1.29 is 28.4 Å². The zero-order valence-corrected chi connectivity index (χ0v) is 12.4. The number of likely N-dealkylation sites (N-methyl/N-ethyl adjacent to an activating group) is 1. The van der Waals surface area contributed by atoms with Crippen LogP contribution in [0.4, 0.5) is 0 Å². The molecular formula is C13H20BNO6. The van der Waals surface area contributed by atoms with Crippen LogP contribution < -0.4 is 0 Å². The Bertz CT molecular complexity index is 391. The van der Waals surface area contributed by atoms with E-state index in [0.717, 1.165) is 0 Å². The summed E-state index contributed by atoms with van der Waals surface area (Å²) < 4.78 is 14.8. The number of carbonyl (C=O) groups is 3. The topological polar surface area (TPSA) is 82.1 Å². The van der Waals surface area contributed by atoms with Crippen LogP contribution in [0.3, 0.4) is 0 Å². The van der Waals surface area contributed by atoms with Gasteiger partial charge in [0.05, 0.1) is 19.7 Å². The number of ether oxygens (including phenoxy) is 1. The first kappa shape index (κ1) is 17.2. The number of rotatable bonds is 6. The van der Waals surface area contributed by atoms with Gasteiger partial charge in [-0.2, -0.15) is 0 Å². The molecule has 1 heterocycles. The largest absolute Gasteiger partial charge is 0.628 e. The number of unbranched alkanes of at least 4 members (excludes halogenated alkanes) is 1. The Morgan fingerprint density at radius 3 is 2.52 bits per heavy atom. The van der Waals surface area contributed by atoms with Crippen LogP contribution in [-0.4, -0.2) is 56.7 Å². The van der Waals surface area contributed by atoms with E-state index in [1.165, 1.54) is 10.9 Å². The lowest BCUT2D eigenvalue weighted by Crippen LogP contribution is -2.41. The van der Waals surface area contributed by atoms with Crippen LogP contribution in [0.2, 0.25) is 0 Å². The Morgan fingerprint density at radius 1 is 1.33 bits per heavy atom. The molecule has 0 amide bonds. The molecule has 116 valence electrons. The molecule has 0 unspecified atom stereocenters. The molecule has 0 N–H and O–H groups in total. The second-order valence-corrected chi connectivity index (χ2v) is 4.65. The summed E-state index contributed by atoms with van der Waals surface area (Å²) in [5, 5.41) is 0. The highest BCUT2D eigenvalue weighted by molar-refractivity contribution is 6.54. The third-order valence-corrected chi connectivity index (χ3v) is 2.64. The van der Waals surface area contributed by atoms with Crippen LogP contribution >= 0.6 is 0 Å². The van der Waals surface area contributed by atoms with Crippen molar-refractivity contribution in [2.24, 2.45) is 0 Å². The maximum Gasteiger partial charge on any atom is 0.628 e. The summed E-state index contributed by atoms with van der Waals surface area (Å²) in [6.07, 6.45) is 3.26. The van der Waals surface area contributed by atoms with Crippen LogP contribution in [0, 0.1) is 0 Å². The van der Waals surface area contributed by atoms with E-state index in [2.05, 4.69) is 0 Å². The van der Waals surface area contributed by atoms with Gasteiger partial charge in [0, 0.05) is 6.42 Å². The highest BCUT2D eigenvalue weighted by Crippen LogP contribution is 2.04. The molecule has 0 aromatic heterocycles. The molecule has 1 fully saturated rings. The van der Waals surface area contributed by atoms with Crippen LogP contribution in [0.5, 0.6) is 0 Å². The van der Waals surface area contributed by atoms with Crippen molar-refractivity contribution in [3.8, 4) is 0 Å². The normalized spacial score (nSPS) is 17.1. The monoisotopic (exact) mass is 297 g/mol. The van der Waals surface area contributed by atoms with E-state index in [1.54, 1.807) is 20.0 Å². The summed E-state index contributed by atoms with van der Waals surface area (Å²) in [4.78, 5) is 35.6. The Labute approximate surface area is 124 Å². The predicted molar refractivity (Wildman–Crippen MR) is 75.1 cm³/mol. The van der Waals surface area contributed by atoms with Gasteiger partial charge in [-0.3, -0.25) is 19.3 Å². The first-order chi connectivity index (χ1) is 10.0. The van der Waals surface area contributed by atoms with Gasteiger partial charge in [-0.25, -0.2) is 0 Å². The molecule has 0 radical (unpaired) electrons. The van der Waals surface area contributed by atoms with E-state index < -0.39 is 19.1 Å². The molecule has 7 nitrogen and oxygen atoms in total. The Balaban J connectivity index is 2.34. The van der Waals surface area contributed by atoms with Gasteiger partial charge in [0.25, 0.3) is 0 Å². The fraction of sp³-hybridized carbons (Fsp3) is 0.615. The van der Waals surface area contributed by atoms with Gasteiger partial charge >= 0.3 is 25.0 Å². The number of hydrogen-bond acceptors (Lipinski definition) is 7. The SMILES string of the molecule is CCOC(=O)CCC/C=C/B1OC(=O)CN(C)CC(=O)O1. The average Bonchev–Trinajstić information content (AvgIpc) is 2.36. The molecule has 0 aliphatic carbocycles.